The Labute approximate surface area is 64.2 Å². The van der Waals surface area contributed by atoms with Gasteiger partial charge in [-0.15, -0.1) is 0 Å². The molecule has 0 aliphatic rings. The Hall–Kier alpha value is -1.09. The predicted octanol–water partition coefficient (Wildman–Crippen LogP) is 1.33. The van der Waals surface area contributed by atoms with E-state index in [1.54, 1.807) is 0 Å². The zero-order chi connectivity index (χ0) is 8.27. The van der Waals surface area contributed by atoms with Crippen molar-refractivity contribution in [1.29, 1.82) is 0 Å². The Morgan fingerprint density at radius 1 is 1.55 bits per heavy atom. The van der Waals surface area contributed by atoms with Gasteiger partial charge in [-0.3, -0.25) is 0 Å². The van der Waals surface area contributed by atoms with Crippen molar-refractivity contribution in [3.8, 4) is 5.75 Å². The van der Waals surface area contributed by atoms with Crippen LogP contribution in [-0.2, 0) is 6.61 Å². The first kappa shape index (κ1) is 8.01. The quantitative estimate of drug-likeness (QED) is 0.699. The summed E-state index contributed by atoms with van der Waals surface area (Å²) in [5.74, 6) is 0.0200. The van der Waals surface area contributed by atoms with E-state index in [0.29, 0.717) is 11.3 Å². The molecule has 0 radical (unpaired) electrons. The van der Waals surface area contributed by atoms with Crippen molar-refractivity contribution >= 4 is 0 Å². The number of benzene rings is 1. The summed E-state index contributed by atoms with van der Waals surface area (Å²) in [4.78, 5) is 0. The molecule has 0 heterocycles. The maximum absolute atomic E-state index is 12.5. The lowest BCUT2D eigenvalue weighted by Gasteiger charge is -2.04. The summed E-state index contributed by atoms with van der Waals surface area (Å²) in [5.41, 5.74) is 0.592. The molecule has 60 valence electrons. The van der Waals surface area contributed by atoms with Gasteiger partial charge in [0.05, 0.1) is 13.7 Å². The van der Waals surface area contributed by atoms with Crippen LogP contribution in [0.15, 0.2) is 18.2 Å². The van der Waals surface area contributed by atoms with Crippen LogP contribution < -0.4 is 4.74 Å². The summed E-state index contributed by atoms with van der Waals surface area (Å²) in [7, 11) is 1.44. The number of ether oxygens (including phenoxy) is 1. The highest BCUT2D eigenvalue weighted by Crippen LogP contribution is 2.18. The molecule has 0 aliphatic carbocycles. The number of aliphatic hydroxyl groups excluding tert-OH is 1. The summed E-state index contributed by atoms with van der Waals surface area (Å²) in [6.45, 7) is -0.135. The first-order valence-electron chi connectivity index (χ1n) is 3.21. The van der Waals surface area contributed by atoms with E-state index in [9.17, 15) is 4.39 Å². The van der Waals surface area contributed by atoms with Gasteiger partial charge in [-0.2, -0.15) is 0 Å². The van der Waals surface area contributed by atoms with Gasteiger partial charge in [0.2, 0.25) is 0 Å². The van der Waals surface area contributed by atoms with E-state index < -0.39 is 0 Å². The van der Waals surface area contributed by atoms with Gasteiger partial charge in [-0.05, 0) is 6.07 Å². The van der Waals surface area contributed by atoms with Gasteiger partial charge in [0, 0.05) is 11.6 Å². The largest absolute Gasteiger partial charge is 0.496 e. The molecule has 0 amide bonds. The van der Waals surface area contributed by atoms with Crippen LogP contribution in [0.3, 0.4) is 0 Å². The van der Waals surface area contributed by atoms with E-state index in [-0.39, 0.29) is 12.4 Å². The highest BCUT2D eigenvalue weighted by Gasteiger charge is 2.01. The maximum Gasteiger partial charge on any atom is 0.127 e. The Bertz CT molecular complexity index is 248. The van der Waals surface area contributed by atoms with E-state index in [2.05, 4.69) is 0 Å². The molecule has 1 rings (SSSR count). The highest BCUT2D eigenvalue weighted by molar-refractivity contribution is 5.33. The topological polar surface area (TPSA) is 29.5 Å². The van der Waals surface area contributed by atoms with Crippen LogP contribution in [0.1, 0.15) is 5.56 Å². The molecule has 0 aromatic heterocycles. The minimum atomic E-state index is -0.362. The van der Waals surface area contributed by atoms with Gasteiger partial charge in [-0.25, -0.2) is 4.39 Å². The zero-order valence-electron chi connectivity index (χ0n) is 6.17. The van der Waals surface area contributed by atoms with Crippen molar-refractivity contribution in [2.24, 2.45) is 0 Å². The van der Waals surface area contributed by atoms with Gasteiger partial charge in [0.1, 0.15) is 11.6 Å². The van der Waals surface area contributed by atoms with Crippen LogP contribution in [0.4, 0.5) is 4.39 Å². The summed E-state index contributed by atoms with van der Waals surface area (Å²) in [5, 5.41) is 8.74. The molecule has 0 fully saturated rings. The zero-order valence-corrected chi connectivity index (χ0v) is 6.17. The molecule has 3 heteroatoms. The Kier molecular flexibility index (Phi) is 2.44. The number of hydrogen-bond acceptors (Lipinski definition) is 2. The first-order chi connectivity index (χ1) is 5.27. The molecule has 1 aromatic carbocycles. The monoisotopic (exact) mass is 156 g/mol. The van der Waals surface area contributed by atoms with E-state index >= 15 is 0 Å². The molecule has 0 bridgehead atoms. The number of halogens is 1. The van der Waals surface area contributed by atoms with E-state index in [4.69, 9.17) is 9.84 Å². The van der Waals surface area contributed by atoms with Crippen molar-refractivity contribution in [3.63, 3.8) is 0 Å². The molecule has 0 spiro atoms. The van der Waals surface area contributed by atoms with Crippen molar-refractivity contribution in [2.75, 3.05) is 7.11 Å². The lowest BCUT2D eigenvalue weighted by atomic mass is 10.2. The van der Waals surface area contributed by atoms with Crippen molar-refractivity contribution < 1.29 is 14.2 Å². The molecular formula is C8H9FO2. The standard InChI is InChI=1S/C8H9FO2/c1-11-8-4-7(9)3-2-6(8)5-10/h2-4,10H,5H2,1H3. The van der Waals surface area contributed by atoms with Crippen molar-refractivity contribution in [1.82, 2.24) is 0 Å². The van der Waals surface area contributed by atoms with Crippen LogP contribution in [0.2, 0.25) is 0 Å². The first-order valence-corrected chi connectivity index (χ1v) is 3.21. The molecule has 0 saturated heterocycles. The van der Waals surface area contributed by atoms with Crippen LogP contribution >= 0.6 is 0 Å². The maximum atomic E-state index is 12.5. The van der Waals surface area contributed by atoms with Gasteiger partial charge in [0.15, 0.2) is 0 Å². The Morgan fingerprint density at radius 2 is 2.27 bits per heavy atom. The number of methoxy groups -OCH3 is 1. The molecule has 0 saturated carbocycles. The van der Waals surface area contributed by atoms with E-state index in [1.165, 1.54) is 25.3 Å². The number of hydrogen-bond donors (Lipinski definition) is 1. The second-order valence-electron chi connectivity index (χ2n) is 2.11. The van der Waals surface area contributed by atoms with Gasteiger partial charge < -0.3 is 9.84 Å². The highest BCUT2D eigenvalue weighted by atomic mass is 19.1. The Morgan fingerprint density at radius 3 is 2.82 bits per heavy atom. The fourth-order valence-electron chi connectivity index (χ4n) is 0.849. The predicted molar refractivity (Wildman–Crippen MR) is 38.9 cm³/mol. The molecule has 0 aliphatic heterocycles. The summed E-state index contributed by atoms with van der Waals surface area (Å²) < 4.78 is 17.3. The molecule has 2 nitrogen and oxygen atoms in total. The summed E-state index contributed by atoms with van der Waals surface area (Å²) >= 11 is 0. The lowest BCUT2D eigenvalue weighted by Crippen LogP contribution is -1.92. The normalized spacial score (nSPS) is 9.73. The Balaban J connectivity index is 3.06. The fraction of sp³-hybridized carbons (Fsp3) is 0.250. The van der Waals surface area contributed by atoms with Crippen LogP contribution in [0, 0.1) is 5.82 Å². The minimum absolute atomic E-state index is 0.135. The SMILES string of the molecule is COc1cc(F)ccc1CO. The summed E-state index contributed by atoms with van der Waals surface area (Å²) in [6.07, 6.45) is 0. The lowest BCUT2D eigenvalue weighted by molar-refractivity contribution is 0.273. The van der Waals surface area contributed by atoms with Crippen molar-refractivity contribution in [3.05, 3.63) is 29.6 Å². The smallest absolute Gasteiger partial charge is 0.127 e. The molecule has 1 N–H and O–H groups in total. The second kappa shape index (κ2) is 3.34. The molecule has 1 aromatic rings. The molecule has 0 atom stereocenters. The third-order valence-electron chi connectivity index (χ3n) is 1.42. The van der Waals surface area contributed by atoms with Gasteiger partial charge in [0.25, 0.3) is 0 Å². The second-order valence-corrected chi connectivity index (χ2v) is 2.11. The van der Waals surface area contributed by atoms with Crippen LogP contribution in [0.5, 0.6) is 5.75 Å². The average Bonchev–Trinajstić information content (AvgIpc) is 2.04. The van der Waals surface area contributed by atoms with E-state index in [0.717, 1.165) is 0 Å². The number of rotatable bonds is 2. The van der Waals surface area contributed by atoms with E-state index in [1.807, 2.05) is 0 Å². The van der Waals surface area contributed by atoms with Crippen LogP contribution in [-0.4, -0.2) is 12.2 Å². The molecule has 11 heavy (non-hydrogen) atoms. The minimum Gasteiger partial charge on any atom is -0.496 e. The van der Waals surface area contributed by atoms with Crippen molar-refractivity contribution in [2.45, 2.75) is 6.61 Å². The fourth-order valence-corrected chi connectivity index (χ4v) is 0.849. The van der Waals surface area contributed by atoms with Crippen LogP contribution in [0.25, 0.3) is 0 Å². The van der Waals surface area contributed by atoms with Gasteiger partial charge >= 0.3 is 0 Å². The average molecular weight is 156 g/mol. The third-order valence-corrected chi connectivity index (χ3v) is 1.42. The summed E-state index contributed by atoms with van der Waals surface area (Å²) in [6, 6.07) is 4.02. The number of aliphatic hydroxyl groups is 1. The molecule has 0 unspecified atom stereocenters. The third kappa shape index (κ3) is 1.68. The van der Waals surface area contributed by atoms with Gasteiger partial charge in [-0.1, -0.05) is 6.07 Å². The molecular weight excluding hydrogens is 147 g/mol.